The van der Waals surface area contributed by atoms with Crippen LogP contribution in [0.15, 0.2) is 54.7 Å². The number of carbonyl (C=O) groups is 2. The first kappa shape index (κ1) is 28.1. The minimum absolute atomic E-state index is 0.0141. The summed E-state index contributed by atoms with van der Waals surface area (Å²) in [4.78, 5) is 30.9. The van der Waals surface area contributed by atoms with E-state index in [2.05, 4.69) is 20.1 Å². The van der Waals surface area contributed by atoms with Gasteiger partial charge in [-0.1, -0.05) is 35.0 Å². The fourth-order valence-electron chi connectivity index (χ4n) is 7.86. The van der Waals surface area contributed by atoms with Crippen LogP contribution in [-0.2, 0) is 11.4 Å². The van der Waals surface area contributed by atoms with Crippen molar-refractivity contribution in [3.63, 3.8) is 0 Å². The fraction of sp³-hybridized carbons (Fsp3) is 0.455. The molecule has 7 rings (SSSR count). The van der Waals surface area contributed by atoms with Gasteiger partial charge in [0.2, 0.25) is 5.91 Å². The van der Waals surface area contributed by atoms with Gasteiger partial charge in [-0.2, -0.15) is 0 Å². The number of hydrogen-bond acceptors (Lipinski definition) is 7. The summed E-state index contributed by atoms with van der Waals surface area (Å²) in [5.41, 5.74) is 1.61. The number of fused-ring (bicyclic) bond motifs is 2. The Kier molecular flexibility index (Phi) is 7.69. The summed E-state index contributed by atoms with van der Waals surface area (Å²) in [6, 6.07) is 12.6. The van der Waals surface area contributed by atoms with Gasteiger partial charge < -0.3 is 14.7 Å². The van der Waals surface area contributed by atoms with E-state index in [4.69, 9.17) is 16.3 Å². The second kappa shape index (κ2) is 11.8. The number of nitrogens with zero attached hydrogens (tertiary/aromatic N) is 5. The molecule has 5 heterocycles. The number of piperidine rings is 4. The van der Waals surface area contributed by atoms with E-state index in [1.54, 1.807) is 36.4 Å². The van der Waals surface area contributed by atoms with E-state index in [9.17, 15) is 14.7 Å². The molecule has 3 aromatic rings. The molecule has 1 aromatic heterocycles. The SMILES string of the molecule is O=C(/C=C/c1cccc(Cl)c1)c1ccc(OCc2cn([C@H]3CC(=O)N4C[C@@H]5CCCN6CCC[C@@H]([C@H]56)[C@H]4C3)nn2)cc1O. The standard InChI is InChI=1S/C33H36ClN5O4/c34-23-6-1-4-21(14-23)8-11-30(40)28-10-9-26(17-31(28)41)43-20-24-19-39(36-35-24)25-15-29-27-7-3-13-37-12-2-5-22(33(27)37)18-38(29)32(42)16-25/h1,4,6,8-11,14,17,19,22,25,27,29,33,41H,2-3,5,7,12-13,15-16,18,20H2/b11-8+/t22-,25+,27+,29+,33-/m0/s1. The summed E-state index contributed by atoms with van der Waals surface area (Å²) in [6.45, 7) is 3.46. The highest BCUT2D eigenvalue weighted by atomic mass is 35.5. The van der Waals surface area contributed by atoms with E-state index in [0.29, 0.717) is 40.8 Å². The number of rotatable bonds is 7. The van der Waals surface area contributed by atoms with Gasteiger partial charge in [-0.05, 0) is 92.9 Å². The summed E-state index contributed by atoms with van der Waals surface area (Å²) in [5, 5.41) is 19.8. The molecule has 0 unspecified atom stereocenters. The Labute approximate surface area is 256 Å². The minimum Gasteiger partial charge on any atom is -0.507 e. The molecule has 4 aliphatic heterocycles. The highest BCUT2D eigenvalue weighted by molar-refractivity contribution is 6.30. The second-order valence-electron chi connectivity index (χ2n) is 12.4. The Morgan fingerprint density at radius 3 is 2.84 bits per heavy atom. The number of carbonyl (C=O) groups excluding carboxylic acids is 2. The lowest BCUT2D eigenvalue weighted by molar-refractivity contribution is -0.153. The number of halogens is 1. The topological polar surface area (TPSA) is 101 Å². The Hall–Kier alpha value is -3.69. The molecule has 2 aromatic carbocycles. The highest BCUT2D eigenvalue weighted by Gasteiger charge is 2.52. The lowest BCUT2D eigenvalue weighted by Crippen LogP contribution is -2.67. The van der Waals surface area contributed by atoms with Gasteiger partial charge in [0.05, 0.1) is 17.8 Å². The van der Waals surface area contributed by atoms with Crippen molar-refractivity contribution in [3.8, 4) is 11.5 Å². The van der Waals surface area contributed by atoms with Crippen LogP contribution >= 0.6 is 11.6 Å². The van der Waals surface area contributed by atoms with Crippen molar-refractivity contribution in [3.05, 3.63) is 76.6 Å². The molecule has 224 valence electrons. The Bertz CT molecular complexity index is 1550. The molecule has 0 saturated carbocycles. The lowest BCUT2D eigenvalue weighted by atomic mass is 9.67. The second-order valence-corrected chi connectivity index (χ2v) is 12.8. The molecule has 1 N–H and O–H groups in total. The van der Waals surface area contributed by atoms with Gasteiger partial charge in [-0.15, -0.1) is 5.10 Å². The van der Waals surface area contributed by atoms with E-state index in [1.165, 1.54) is 50.9 Å². The number of ether oxygens (including phenoxy) is 1. The van der Waals surface area contributed by atoms with Crippen LogP contribution in [0, 0.1) is 11.8 Å². The van der Waals surface area contributed by atoms with Gasteiger partial charge >= 0.3 is 0 Å². The number of phenols is 1. The molecule has 4 saturated heterocycles. The number of ketones is 1. The van der Waals surface area contributed by atoms with Gasteiger partial charge in [-0.3, -0.25) is 14.5 Å². The molecule has 0 aliphatic carbocycles. The Balaban J connectivity index is 0.981. The van der Waals surface area contributed by atoms with Gasteiger partial charge in [0.25, 0.3) is 0 Å². The number of amides is 1. The third kappa shape index (κ3) is 5.68. The van der Waals surface area contributed by atoms with Crippen LogP contribution in [0.1, 0.15) is 66.2 Å². The number of aromatic hydroxyl groups is 1. The molecule has 5 atom stereocenters. The predicted molar refractivity (Wildman–Crippen MR) is 162 cm³/mol. The number of hydrogen-bond donors (Lipinski definition) is 1. The molecular weight excluding hydrogens is 566 g/mol. The molecule has 4 fully saturated rings. The summed E-state index contributed by atoms with van der Waals surface area (Å²) >= 11 is 6.00. The van der Waals surface area contributed by atoms with Crippen molar-refractivity contribution in [1.29, 1.82) is 0 Å². The van der Waals surface area contributed by atoms with Crippen LogP contribution in [-0.4, -0.2) is 73.3 Å². The Morgan fingerprint density at radius 2 is 2.00 bits per heavy atom. The summed E-state index contributed by atoms with van der Waals surface area (Å²) < 4.78 is 7.71. The third-order valence-corrected chi connectivity index (χ3v) is 9.98. The van der Waals surface area contributed by atoms with E-state index >= 15 is 0 Å². The minimum atomic E-state index is -0.328. The summed E-state index contributed by atoms with van der Waals surface area (Å²) in [7, 11) is 0. The number of phenolic OH excluding ortho intramolecular Hbond substituents is 1. The molecule has 43 heavy (non-hydrogen) atoms. The van der Waals surface area contributed by atoms with Gasteiger partial charge in [0.1, 0.15) is 23.8 Å². The first-order valence-electron chi connectivity index (χ1n) is 15.3. The molecular formula is C33H36ClN5O4. The van der Waals surface area contributed by atoms with Crippen LogP contribution in [0.3, 0.4) is 0 Å². The lowest BCUT2D eigenvalue weighted by Gasteiger charge is -2.59. The maximum atomic E-state index is 13.4. The average molecular weight is 602 g/mol. The maximum Gasteiger partial charge on any atom is 0.224 e. The van der Waals surface area contributed by atoms with E-state index < -0.39 is 0 Å². The smallest absolute Gasteiger partial charge is 0.224 e. The number of allylic oxidation sites excluding steroid dienone is 1. The quantitative estimate of drug-likeness (QED) is 0.295. The Morgan fingerprint density at radius 1 is 1.14 bits per heavy atom. The highest BCUT2D eigenvalue weighted by Crippen LogP contribution is 2.46. The zero-order valence-corrected chi connectivity index (χ0v) is 24.8. The molecule has 0 radical (unpaired) electrons. The molecule has 10 heteroatoms. The van der Waals surface area contributed by atoms with E-state index in [1.807, 2.05) is 16.9 Å². The zero-order chi connectivity index (χ0) is 29.5. The normalized spacial score (nSPS) is 27.1. The van der Waals surface area contributed by atoms with Crippen molar-refractivity contribution < 1.29 is 19.4 Å². The van der Waals surface area contributed by atoms with E-state index in [-0.39, 0.29) is 41.7 Å². The summed E-state index contributed by atoms with van der Waals surface area (Å²) in [6.07, 6.45) is 11.2. The van der Waals surface area contributed by atoms with Crippen molar-refractivity contribution in [2.45, 2.75) is 63.3 Å². The fourth-order valence-corrected chi connectivity index (χ4v) is 8.06. The van der Waals surface area contributed by atoms with Crippen LogP contribution in [0.4, 0.5) is 0 Å². The first-order valence-corrected chi connectivity index (χ1v) is 15.7. The van der Waals surface area contributed by atoms with Gasteiger partial charge in [-0.25, -0.2) is 4.68 Å². The number of aromatic nitrogens is 3. The predicted octanol–water partition coefficient (Wildman–Crippen LogP) is 5.15. The third-order valence-electron chi connectivity index (χ3n) is 9.75. The monoisotopic (exact) mass is 601 g/mol. The average Bonchev–Trinajstić information content (AvgIpc) is 3.49. The van der Waals surface area contributed by atoms with Crippen molar-refractivity contribution in [2.24, 2.45) is 11.8 Å². The zero-order valence-electron chi connectivity index (χ0n) is 24.0. The van der Waals surface area contributed by atoms with Gasteiger partial charge in [0.15, 0.2) is 5.78 Å². The van der Waals surface area contributed by atoms with Crippen LogP contribution in [0.2, 0.25) is 5.02 Å². The van der Waals surface area contributed by atoms with Crippen molar-refractivity contribution in [2.75, 3.05) is 19.6 Å². The van der Waals surface area contributed by atoms with Crippen LogP contribution in [0.25, 0.3) is 6.08 Å². The molecule has 1 amide bonds. The van der Waals surface area contributed by atoms with Crippen LogP contribution < -0.4 is 4.74 Å². The van der Waals surface area contributed by atoms with Gasteiger partial charge in [0, 0.05) is 36.1 Å². The van der Waals surface area contributed by atoms with Crippen molar-refractivity contribution in [1.82, 2.24) is 24.8 Å². The largest absolute Gasteiger partial charge is 0.507 e. The summed E-state index contributed by atoms with van der Waals surface area (Å²) in [5.74, 6) is 1.32. The van der Waals surface area contributed by atoms with Crippen molar-refractivity contribution >= 4 is 29.4 Å². The van der Waals surface area contributed by atoms with Crippen LogP contribution in [0.5, 0.6) is 11.5 Å². The molecule has 4 aliphatic rings. The maximum absolute atomic E-state index is 13.4. The van der Waals surface area contributed by atoms with E-state index in [0.717, 1.165) is 18.5 Å². The number of benzene rings is 2. The molecule has 0 bridgehead atoms. The molecule has 0 spiro atoms. The molecule has 9 nitrogen and oxygen atoms in total. The first-order chi connectivity index (χ1) is 20.9.